The number of aryl methyl sites for hydroxylation is 2. The molecule has 3 rings (SSSR count). The molecule has 0 saturated carbocycles. The van der Waals surface area contributed by atoms with Crippen molar-refractivity contribution in [1.82, 2.24) is 9.80 Å². The van der Waals surface area contributed by atoms with Gasteiger partial charge >= 0.3 is 0 Å². The summed E-state index contributed by atoms with van der Waals surface area (Å²) in [6.07, 6.45) is 0. The van der Waals surface area contributed by atoms with Crippen LogP contribution in [0.5, 0.6) is 0 Å². The highest BCUT2D eigenvalue weighted by Gasteiger charge is 2.23. The Morgan fingerprint density at radius 1 is 0.967 bits per heavy atom. The second kappa shape index (κ2) is 9.71. The van der Waals surface area contributed by atoms with Gasteiger partial charge in [0.05, 0.1) is 18.8 Å². The van der Waals surface area contributed by atoms with E-state index >= 15 is 0 Å². The Hall–Kier alpha value is -2.93. The van der Waals surface area contributed by atoms with E-state index in [9.17, 15) is 14.0 Å². The van der Waals surface area contributed by atoms with Crippen molar-refractivity contribution in [3.63, 3.8) is 0 Å². The summed E-state index contributed by atoms with van der Waals surface area (Å²) in [5, 5.41) is 2.94. The predicted molar refractivity (Wildman–Crippen MR) is 117 cm³/mol. The van der Waals surface area contributed by atoms with Crippen molar-refractivity contribution in [3.05, 3.63) is 59.4 Å². The van der Waals surface area contributed by atoms with Gasteiger partial charge in [0.25, 0.3) is 0 Å². The summed E-state index contributed by atoms with van der Waals surface area (Å²) in [5.41, 5.74) is 3.42. The molecule has 6 nitrogen and oxygen atoms in total. The largest absolute Gasteiger partial charge is 0.366 e. The fraction of sp³-hybridized carbons (Fsp3) is 0.391. The van der Waals surface area contributed by atoms with Crippen molar-refractivity contribution in [2.75, 3.05) is 56.5 Å². The second-order valence-corrected chi connectivity index (χ2v) is 7.81. The molecule has 1 N–H and O–H groups in total. The zero-order valence-electron chi connectivity index (χ0n) is 17.8. The highest BCUT2D eigenvalue weighted by molar-refractivity contribution is 5.94. The van der Waals surface area contributed by atoms with E-state index in [1.807, 2.05) is 43.0 Å². The van der Waals surface area contributed by atoms with Crippen LogP contribution >= 0.6 is 0 Å². The molecule has 1 aliphatic rings. The van der Waals surface area contributed by atoms with E-state index in [1.165, 1.54) is 6.07 Å². The number of nitrogens with zero attached hydrogens (tertiary/aromatic N) is 3. The third-order valence-electron chi connectivity index (χ3n) is 5.39. The number of carbonyl (C=O) groups is 2. The van der Waals surface area contributed by atoms with Crippen molar-refractivity contribution >= 4 is 23.2 Å². The molecule has 0 aromatic heterocycles. The van der Waals surface area contributed by atoms with Crippen LogP contribution in [-0.2, 0) is 9.59 Å². The van der Waals surface area contributed by atoms with Crippen molar-refractivity contribution in [3.8, 4) is 0 Å². The first-order chi connectivity index (χ1) is 14.3. The van der Waals surface area contributed by atoms with Gasteiger partial charge in [0.15, 0.2) is 0 Å². The molecule has 1 heterocycles. The number of piperazine rings is 1. The van der Waals surface area contributed by atoms with E-state index in [1.54, 1.807) is 29.0 Å². The minimum Gasteiger partial charge on any atom is -0.366 e. The lowest BCUT2D eigenvalue weighted by atomic mass is 10.1. The van der Waals surface area contributed by atoms with Crippen molar-refractivity contribution in [2.45, 2.75) is 13.8 Å². The second-order valence-electron chi connectivity index (χ2n) is 7.81. The molecule has 0 radical (unpaired) electrons. The third kappa shape index (κ3) is 5.36. The average molecular weight is 413 g/mol. The van der Waals surface area contributed by atoms with Crippen LogP contribution in [0.1, 0.15) is 11.1 Å². The smallest absolute Gasteiger partial charge is 0.238 e. The van der Waals surface area contributed by atoms with Crippen molar-refractivity contribution in [1.29, 1.82) is 0 Å². The highest BCUT2D eigenvalue weighted by Crippen LogP contribution is 2.21. The molecule has 1 saturated heterocycles. The number of likely N-dealkylation sites (N-methyl/N-ethyl adjacent to an activating group) is 1. The van der Waals surface area contributed by atoms with Gasteiger partial charge in [0.1, 0.15) is 5.82 Å². The molecule has 160 valence electrons. The molecule has 1 aliphatic heterocycles. The van der Waals surface area contributed by atoms with E-state index in [-0.39, 0.29) is 30.7 Å². The molecule has 0 atom stereocenters. The molecule has 2 aromatic rings. The molecular weight excluding hydrogens is 383 g/mol. The number of benzene rings is 2. The Kier molecular flexibility index (Phi) is 7.05. The van der Waals surface area contributed by atoms with Gasteiger partial charge in [-0.25, -0.2) is 4.39 Å². The summed E-state index contributed by atoms with van der Waals surface area (Å²) in [6, 6.07) is 12.6. The van der Waals surface area contributed by atoms with Crippen LogP contribution in [-0.4, -0.2) is 67.9 Å². The Morgan fingerprint density at radius 2 is 1.60 bits per heavy atom. The first-order valence-electron chi connectivity index (χ1n) is 10.2. The standard InChI is InChI=1S/C23H29FN4O2/c1-17-7-6-8-18(2)23(17)25-21(29)15-26(3)16-22(30)28-13-11-27(12-14-28)20-10-5-4-9-19(20)24/h4-10H,11-16H2,1-3H3,(H,25,29). The summed E-state index contributed by atoms with van der Waals surface area (Å²) in [5.74, 6) is -0.412. The quantitative estimate of drug-likeness (QED) is 0.793. The fourth-order valence-electron chi connectivity index (χ4n) is 3.73. The maximum Gasteiger partial charge on any atom is 0.238 e. The van der Waals surface area contributed by atoms with Crippen LogP contribution in [0, 0.1) is 19.7 Å². The van der Waals surface area contributed by atoms with Crippen molar-refractivity contribution < 1.29 is 14.0 Å². The van der Waals surface area contributed by atoms with E-state index in [0.717, 1.165) is 16.8 Å². The average Bonchev–Trinajstić information content (AvgIpc) is 2.71. The van der Waals surface area contributed by atoms with E-state index < -0.39 is 0 Å². The molecule has 2 aromatic carbocycles. The van der Waals surface area contributed by atoms with Gasteiger partial charge in [-0.1, -0.05) is 30.3 Å². The summed E-state index contributed by atoms with van der Waals surface area (Å²) >= 11 is 0. The molecule has 0 bridgehead atoms. The Balaban J connectivity index is 1.47. The van der Waals surface area contributed by atoms with Crippen LogP contribution in [0.25, 0.3) is 0 Å². The normalized spacial score (nSPS) is 14.2. The summed E-state index contributed by atoms with van der Waals surface area (Å²) in [7, 11) is 1.76. The number of rotatable bonds is 6. The first kappa shape index (κ1) is 21.8. The maximum atomic E-state index is 14.0. The molecule has 7 heteroatoms. The highest BCUT2D eigenvalue weighted by atomic mass is 19.1. The zero-order valence-corrected chi connectivity index (χ0v) is 17.8. The van der Waals surface area contributed by atoms with Gasteiger partial charge in [0.2, 0.25) is 11.8 Å². The number of anilines is 2. The molecule has 0 aliphatic carbocycles. The molecule has 0 spiro atoms. The minimum absolute atomic E-state index is 0.0226. The predicted octanol–water partition coefficient (Wildman–Crippen LogP) is 2.66. The van der Waals surface area contributed by atoms with Gasteiger partial charge in [-0.15, -0.1) is 0 Å². The summed E-state index contributed by atoms with van der Waals surface area (Å²) in [6.45, 7) is 6.46. The van der Waals surface area contributed by atoms with Gasteiger partial charge in [0, 0.05) is 31.9 Å². The number of hydrogen-bond donors (Lipinski definition) is 1. The maximum absolute atomic E-state index is 14.0. The van der Waals surface area contributed by atoms with Gasteiger partial charge in [-0.2, -0.15) is 0 Å². The zero-order chi connectivity index (χ0) is 21.7. The topological polar surface area (TPSA) is 55.9 Å². The first-order valence-corrected chi connectivity index (χ1v) is 10.2. The molecule has 0 unspecified atom stereocenters. The van der Waals surface area contributed by atoms with E-state index in [2.05, 4.69) is 5.32 Å². The summed E-state index contributed by atoms with van der Waals surface area (Å²) < 4.78 is 14.0. The number of nitrogens with one attached hydrogen (secondary N) is 1. The molecule has 30 heavy (non-hydrogen) atoms. The lowest BCUT2D eigenvalue weighted by Gasteiger charge is -2.36. The number of halogens is 1. The van der Waals surface area contributed by atoms with E-state index in [4.69, 9.17) is 0 Å². The fourth-order valence-corrected chi connectivity index (χ4v) is 3.73. The minimum atomic E-state index is -0.244. The number of amides is 2. The Morgan fingerprint density at radius 3 is 2.23 bits per heavy atom. The van der Waals surface area contributed by atoms with Gasteiger partial charge in [-0.05, 0) is 44.2 Å². The van der Waals surface area contributed by atoms with E-state index in [0.29, 0.717) is 31.9 Å². The van der Waals surface area contributed by atoms with Crippen molar-refractivity contribution in [2.24, 2.45) is 0 Å². The number of para-hydroxylation sites is 2. The molecule has 1 fully saturated rings. The monoisotopic (exact) mass is 412 g/mol. The van der Waals surface area contributed by atoms with Gasteiger partial charge < -0.3 is 15.1 Å². The van der Waals surface area contributed by atoms with Crippen LogP contribution in [0.15, 0.2) is 42.5 Å². The van der Waals surface area contributed by atoms with Crippen LogP contribution < -0.4 is 10.2 Å². The van der Waals surface area contributed by atoms with Crippen LogP contribution in [0.3, 0.4) is 0 Å². The molecular formula is C23H29FN4O2. The Bertz CT molecular complexity index is 890. The lowest BCUT2D eigenvalue weighted by Crippen LogP contribution is -2.51. The molecule has 2 amide bonds. The van der Waals surface area contributed by atoms with Crippen LogP contribution in [0.2, 0.25) is 0 Å². The third-order valence-corrected chi connectivity index (χ3v) is 5.39. The van der Waals surface area contributed by atoms with Crippen LogP contribution in [0.4, 0.5) is 15.8 Å². The SMILES string of the molecule is Cc1cccc(C)c1NC(=O)CN(C)CC(=O)N1CCN(c2ccccc2F)CC1. The Labute approximate surface area is 177 Å². The lowest BCUT2D eigenvalue weighted by molar-refractivity contribution is -0.132. The number of hydrogen-bond acceptors (Lipinski definition) is 4. The van der Waals surface area contributed by atoms with Gasteiger partial charge in [-0.3, -0.25) is 14.5 Å². The summed E-state index contributed by atoms with van der Waals surface area (Å²) in [4.78, 5) is 30.5. The number of carbonyl (C=O) groups excluding carboxylic acids is 2.